The third-order valence-electron chi connectivity index (χ3n) is 4.03. The van der Waals surface area contributed by atoms with E-state index in [0.717, 1.165) is 56.5 Å². The van der Waals surface area contributed by atoms with Gasteiger partial charge in [-0.05, 0) is 42.0 Å². The van der Waals surface area contributed by atoms with Crippen molar-refractivity contribution in [1.82, 2.24) is 15.6 Å². The number of hydrogen-bond donors (Lipinski definition) is 2. The zero-order valence-electron chi connectivity index (χ0n) is 15.1. The molecule has 2 aromatic carbocycles. The number of hydrazone groups is 1. The van der Waals surface area contributed by atoms with Gasteiger partial charge in [-0.3, -0.25) is 10.3 Å². The van der Waals surface area contributed by atoms with Crippen LogP contribution in [0.2, 0.25) is 0 Å². The minimum Gasteiger partial charge on any atom is -0.457 e. The van der Waals surface area contributed by atoms with E-state index in [-0.39, 0.29) is 0 Å². The summed E-state index contributed by atoms with van der Waals surface area (Å²) in [5.41, 5.74) is 3.77. The Morgan fingerprint density at radius 3 is 2.70 bits per heavy atom. The van der Waals surface area contributed by atoms with Crippen molar-refractivity contribution in [2.75, 3.05) is 39.4 Å². The molecule has 0 aliphatic carbocycles. The predicted octanol–water partition coefficient (Wildman–Crippen LogP) is 2.61. The Hall–Kier alpha value is -2.48. The summed E-state index contributed by atoms with van der Waals surface area (Å²) >= 11 is 5.24. The van der Waals surface area contributed by atoms with Gasteiger partial charge in [0.15, 0.2) is 5.11 Å². The van der Waals surface area contributed by atoms with Crippen molar-refractivity contribution < 1.29 is 9.47 Å². The van der Waals surface area contributed by atoms with Crippen molar-refractivity contribution >= 4 is 23.5 Å². The Morgan fingerprint density at radius 2 is 1.89 bits per heavy atom. The number of nitrogens with zero attached hydrogens (tertiary/aromatic N) is 2. The molecule has 1 aliphatic heterocycles. The Balaban J connectivity index is 1.41. The highest BCUT2D eigenvalue weighted by Crippen LogP contribution is 2.21. The van der Waals surface area contributed by atoms with Gasteiger partial charge in [0.05, 0.1) is 19.4 Å². The number of rotatable bonds is 7. The third-order valence-corrected chi connectivity index (χ3v) is 4.27. The zero-order chi connectivity index (χ0) is 18.7. The maximum atomic E-state index is 5.82. The fourth-order valence-corrected chi connectivity index (χ4v) is 2.80. The molecule has 27 heavy (non-hydrogen) atoms. The molecule has 1 fully saturated rings. The summed E-state index contributed by atoms with van der Waals surface area (Å²) in [6.45, 7) is 5.28. The molecule has 0 saturated carbocycles. The highest BCUT2D eigenvalue weighted by molar-refractivity contribution is 7.80. The molecule has 2 aromatic rings. The average molecular weight is 385 g/mol. The molecule has 1 heterocycles. The Labute approximate surface area is 165 Å². The Bertz CT molecular complexity index is 749. The summed E-state index contributed by atoms with van der Waals surface area (Å²) in [6, 6.07) is 17.4. The topological polar surface area (TPSA) is 58.1 Å². The van der Waals surface area contributed by atoms with Gasteiger partial charge < -0.3 is 14.8 Å². The van der Waals surface area contributed by atoms with Gasteiger partial charge in [-0.25, -0.2) is 0 Å². The Morgan fingerprint density at radius 1 is 1.11 bits per heavy atom. The second kappa shape index (κ2) is 10.6. The van der Waals surface area contributed by atoms with Crippen molar-refractivity contribution in [2.24, 2.45) is 5.10 Å². The number of morpholine rings is 1. The van der Waals surface area contributed by atoms with Gasteiger partial charge in [0.1, 0.15) is 11.5 Å². The first-order chi connectivity index (χ1) is 13.3. The minimum atomic E-state index is 0.510. The third kappa shape index (κ3) is 6.97. The van der Waals surface area contributed by atoms with E-state index >= 15 is 0 Å². The maximum absolute atomic E-state index is 5.82. The highest BCUT2D eigenvalue weighted by Gasteiger charge is 2.09. The monoisotopic (exact) mass is 384 g/mol. The van der Waals surface area contributed by atoms with Crippen molar-refractivity contribution in [2.45, 2.75) is 0 Å². The van der Waals surface area contributed by atoms with Crippen LogP contribution in [0.3, 0.4) is 0 Å². The van der Waals surface area contributed by atoms with E-state index in [0.29, 0.717) is 5.11 Å². The normalized spacial score (nSPS) is 14.8. The van der Waals surface area contributed by atoms with Gasteiger partial charge in [0.25, 0.3) is 0 Å². The molecule has 1 aliphatic rings. The van der Waals surface area contributed by atoms with E-state index in [9.17, 15) is 0 Å². The molecular formula is C20H24N4O2S. The first kappa shape index (κ1) is 19.3. The summed E-state index contributed by atoms with van der Waals surface area (Å²) in [4.78, 5) is 2.35. The van der Waals surface area contributed by atoms with Crippen LogP contribution in [0.15, 0.2) is 59.7 Å². The number of hydrogen-bond acceptors (Lipinski definition) is 5. The summed E-state index contributed by atoms with van der Waals surface area (Å²) in [6.07, 6.45) is 1.72. The van der Waals surface area contributed by atoms with E-state index < -0.39 is 0 Å². The molecule has 3 rings (SSSR count). The zero-order valence-corrected chi connectivity index (χ0v) is 16.0. The second-order valence-corrected chi connectivity index (χ2v) is 6.48. The summed E-state index contributed by atoms with van der Waals surface area (Å²) in [7, 11) is 0. The van der Waals surface area contributed by atoms with Gasteiger partial charge in [0.2, 0.25) is 0 Å². The molecule has 0 unspecified atom stereocenters. The molecule has 0 radical (unpaired) electrons. The van der Waals surface area contributed by atoms with Crippen molar-refractivity contribution in [1.29, 1.82) is 0 Å². The van der Waals surface area contributed by atoms with E-state index in [1.165, 1.54) is 0 Å². The maximum Gasteiger partial charge on any atom is 0.187 e. The molecule has 2 N–H and O–H groups in total. The lowest BCUT2D eigenvalue weighted by molar-refractivity contribution is 0.0389. The lowest BCUT2D eigenvalue weighted by atomic mass is 10.2. The van der Waals surface area contributed by atoms with Crippen molar-refractivity contribution in [3.8, 4) is 11.5 Å². The van der Waals surface area contributed by atoms with Gasteiger partial charge >= 0.3 is 0 Å². The quantitative estimate of drug-likeness (QED) is 0.435. The largest absolute Gasteiger partial charge is 0.457 e. The van der Waals surface area contributed by atoms with E-state index in [4.69, 9.17) is 21.7 Å². The Kier molecular flexibility index (Phi) is 7.58. The van der Waals surface area contributed by atoms with Gasteiger partial charge in [-0.2, -0.15) is 5.10 Å². The molecule has 142 valence electrons. The van der Waals surface area contributed by atoms with E-state index in [1.54, 1.807) is 6.21 Å². The second-order valence-electron chi connectivity index (χ2n) is 6.07. The van der Waals surface area contributed by atoms with Crippen molar-refractivity contribution in [3.05, 3.63) is 60.2 Å². The molecule has 0 amide bonds. The SMILES string of the molecule is S=C(NCCN1CCOCC1)N/N=C\c1cccc(Oc2ccccc2)c1. The van der Waals surface area contributed by atoms with Crippen LogP contribution in [-0.2, 0) is 4.74 Å². The number of benzene rings is 2. The summed E-state index contributed by atoms with van der Waals surface area (Å²) in [5.74, 6) is 1.56. The first-order valence-corrected chi connectivity index (χ1v) is 9.40. The van der Waals surface area contributed by atoms with Crippen LogP contribution in [0.5, 0.6) is 11.5 Å². The van der Waals surface area contributed by atoms with Crippen LogP contribution in [0, 0.1) is 0 Å². The summed E-state index contributed by atoms with van der Waals surface area (Å²) < 4.78 is 11.2. The number of nitrogens with one attached hydrogen (secondary N) is 2. The fraction of sp³-hybridized carbons (Fsp3) is 0.300. The molecule has 0 aromatic heterocycles. The molecule has 7 heteroatoms. The molecule has 0 spiro atoms. The highest BCUT2D eigenvalue weighted by atomic mass is 32.1. The van der Waals surface area contributed by atoms with Gasteiger partial charge in [-0.1, -0.05) is 30.3 Å². The van der Waals surface area contributed by atoms with E-state index in [2.05, 4.69) is 20.7 Å². The number of para-hydroxylation sites is 1. The molecule has 1 saturated heterocycles. The number of ether oxygens (including phenoxy) is 2. The van der Waals surface area contributed by atoms with Crippen LogP contribution in [0.1, 0.15) is 5.56 Å². The van der Waals surface area contributed by atoms with Gasteiger partial charge in [-0.15, -0.1) is 0 Å². The standard InChI is InChI=1S/C20H24N4O2S/c27-20(21-9-10-24-11-13-25-14-12-24)23-22-16-17-5-4-8-19(15-17)26-18-6-2-1-3-7-18/h1-8,15-16H,9-14H2,(H2,21,23,27)/b22-16-. The summed E-state index contributed by atoms with van der Waals surface area (Å²) in [5, 5.41) is 7.86. The van der Waals surface area contributed by atoms with Crippen molar-refractivity contribution in [3.63, 3.8) is 0 Å². The predicted molar refractivity (Wildman–Crippen MR) is 112 cm³/mol. The average Bonchev–Trinajstić information content (AvgIpc) is 2.70. The molecule has 6 nitrogen and oxygen atoms in total. The molecular weight excluding hydrogens is 360 g/mol. The minimum absolute atomic E-state index is 0.510. The lowest BCUT2D eigenvalue weighted by Crippen LogP contribution is -2.42. The first-order valence-electron chi connectivity index (χ1n) is 8.99. The fourth-order valence-electron chi connectivity index (χ4n) is 2.64. The van der Waals surface area contributed by atoms with Crippen LogP contribution in [-0.4, -0.2) is 55.6 Å². The number of thiocarbonyl (C=S) groups is 1. The smallest absolute Gasteiger partial charge is 0.187 e. The van der Waals surface area contributed by atoms with E-state index in [1.807, 2.05) is 54.6 Å². The molecule has 0 bridgehead atoms. The van der Waals surface area contributed by atoms with Gasteiger partial charge in [0, 0.05) is 26.2 Å². The van der Waals surface area contributed by atoms with Crippen LogP contribution in [0.25, 0.3) is 0 Å². The van der Waals surface area contributed by atoms with Crippen LogP contribution >= 0.6 is 12.2 Å². The lowest BCUT2D eigenvalue weighted by Gasteiger charge is -2.26. The van der Waals surface area contributed by atoms with Crippen LogP contribution < -0.4 is 15.5 Å². The van der Waals surface area contributed by atoms with Crippen LogP contribution in [0.4, 0.5) is 0 Å². The molecule has 0 atom stereocenters.